The number of rotatable bonds is 3. The molecule has 0 saturated carbocycles. The van der Waals surface area contributed by atoms with Gasteiger partial charge in [-0.1, -0.05) is 25.1 Å². The number of para-hydroxylation sites is 1. The van der Waals surface area contributed by atoms with Gasteiger partial charge in [0.15, 0.2) is 11.6 Å². The fraction of sp³-hybridized carbons (Fsp3) is 0.235. The van der Waals surface area contributed by atoms with E-state index in [-0.39, 0.29) is 18.1 Å². The zero-order valence-corrected chi connectivity index (χ0v) is 12.1. The Balaban J connectivity index is 2.19. The minimum atomic E-state index is -1.01. The molecule has 1 N–H and O–H groups in total. The lowest BCUT2D eigenvalue weighted by atomic mass is 9.79. The van der Waals surface area contributed by atoms with Crippen molar-refractivity contribution >= 4 is 23.2 Å². The van der Waals surface area contributed by atoms with Gasteiger partial charge < -0.3 is 10.0 Å². The molecule has 1 aromatic rings. The van der Waals surface area contributed by atoms with Crippen LogP contribution >= 0.6 is 0 Å². The standard InChI is InChI=1S/C17H15NO4/c1-2-10-7-8-13-15(16(10)21)17(22)11-5-3-4-6-12(11)18(13)9-14(19)20/h3-8,15H,2,9H2,1H3,(H,19,20). The van der Waals surface area contributed by atoms with E-state index in [0.717, 1.165) is 0 Å². The highest BCUT2D eigenvalue weighted by Gasteiger charge is 2.42. The Morgan fingerprint density at radius 2 is 1.91 bits per heavy atom. The van der Waals surface area contributed by atoms with Crippen molar-refractivity contribution < 1.29 is 19.5 Å². The number of carbonyl (C=O) groups excluding carboxylic acids is 2. The second-order valence-corrected chi connectivity index (χ2v) is 5.30. The first-order valence-electron chi connectivity index (χ1n) is 7.12. The third-order valence-corrected chi connectivity index (χ3v) is 4.04. The summed E-state index contributed by atoms with van der Waals surface area (Å²) in [7, 11) is 0. The van der Waals surface area contributed by atoms with Crippen LogP contribution in [-0.2, 0) is 9.59 Å². The number of nitrogens with zero attached hydrogens (tertiary/aromatic N) is 1. The molecule has 1 atom stereocenters. The summed E-state index contributed by atoms with van der Waals surface area (Å²) < 4.78 is 0. The number of carboxylic acids is 1. The highest BCUT2D eigenvalue weighted by molar-refractivity contribution is 6.22. The number of anilines is 1. The Morgan fingerprint density at radius 3 is 2.59 bits per heavy atom. The Morgan fingerprint density at radius 1 is 1.18 bits per heavy atom. The molecule has 0 aromatic heterocycles. The number of allylic oxidation sites excluding steroid dienone is 4. The summed E-state index contributed by atoms with van der Waals surface area (Å²) >= 11 is 0. The number of carbonyl (C=O) groups is 3. The van der Waals surface area contributed by atoms with E-state index in [2.05, 4.69) is 0 Å². The minimum absolute atomic E-state index is 0.227. The number of Topliss-reactive ketones (excluding diaryl/α,β-unsaturated/α-hetero) is 2. The van der Waals surface area contributed by atoms with Crippen LogP contribution in [0.2, 0.25) is 0 Å². The van der Waals surface area contributed by atoms with Crippen molar-refractivity contribution in [2.75, 3.05) is 11.4 Å². The fourth-order valence-corrected chi connectivity index (χ4v) is 3.00. The highest BCUT2D eigenvalue weighted by atomic mass is 16.4. The molecule has 0 spiro atoms. The summed E-state index contributed by atoms with van der Waals surface area (Å²) in [4.78, 5) is 38.0. The number of fused-ring (bicyclic) bond motifs is 2. The van der Waals surface area contributed by atoms with E-state index in [1.165, 1.54) is 0 Å². The third kappa shape index (κ3) is 2.06. The topological polar surface area (TPSA) is 74.7 Å². The SMILES string of the molecule is CCC1=CC=C2C(C1=O)C(=O)c1ccccc1N2CC(=O)O. The molecule has 1 unspecified atom stereocenters. The summed E-state index contributed by atoms with van der Waals surface area (Å²) in [6.45, 7) is 1.58. The number of benzene rings is 1. The normalized spacial score (nSPS) is 20.0. The third-order valence-electron chi connectivity index (χ3n) is 4.04. The van der Waals surface area contributed by atoms with Crippen molar-refractivity contribution in [2.24, 2.45) is 5.92 Å². The lowest BCUT2D eigenvalue weighted by Gasteiger charge is -2.37. The number of ketones is 2. The van der Waals surface area contributed by atoms with Crippen LogP contribution in [-0.4, -0.2) is 29.2 Å². The van der Waals surface area contributed by atoms with E-state index in [1.807, 2.05) is 6.92 Å². The van der Waals surface area contributed by atoms with Crippen LogP contribution in [0, 0.1) is 5.92 Å². The summed E-state index contributed by atoms with van der Waals surface area (Å²) in [5.74, 6) is -2.42. The number of aliphatic carboxylic acids is 1. The predicted octanol–water partition coefficient (Wildman–Crippen LogP) is 2.19. The molecular weight excluding hydrogens is 282 g/mol. The lowest BCUT2D eigenvalue weighted by Crippen LogP contribution is -2.44. The average molecular weight is 297 g/mol. The van der Waals surface area contributed by atoms with Gasteiger partial charge in [0.2, 0.25) is 0 Å². The van der Waals surface area contributed by atoms with E-state index in [4.69, 9.17) is 5.11 Å². The van der Waals surface area contributed by atoms with Gasteiger partial charge >= 0.3 is 5.97 Å². The molecule has 5 heteroatoms. The summed E-state index contributed by atoms with van der Waals surface area (Å²) in [5, 5.41) is 9.16. The average Bonchev–Trinajstić information content (AvgIpc) is 2.51. The van der Waals surface area contributed by atoms with Crippen molar-refractivity contribution in [2.45, 2.75) is 13.3 Å². The Hall–Kier alpha value is -2.69. The molecule has 1 aromatic carbocycles. The highest BCUT2D eigenvalue weighted by Crippen LogP contribution is 2.39. The molecule has 0 bridgehead atoms. The molecule has 112 valence electrons. The van der Waals surface area contributed by atoms with Crippen molar-refractivity contribution in [3.63, 3.8) is 0 Å². The lowest BCUT2D eigenvalue weighted by molar-refractivity contribution is -0.135. The van der Waals surface area contributed by atoms with E-state index < -0.39 is 11.9 Å². The molecule has 1 aliphatic heterocycles. The van der Waals surface area contributed by atoms with Crippen molar-refractivity contribution in [3.05, 3.63) is 53.3 Å². The first kappa shape index (κ1) is 14.3. The first-order valence-corrected chi connectivity index (χ1v) is 7.12. The monoisotopic (exact) mass is 297 g/mol. The first-order chi connectivity index (χ1) is 10.5. The number of hydrogen-bond acceptors (Lipinski definition) is 4. The Labute approximate surface area is 127 Å². The van der Waals surface area contributed by atoms with Gasteiger partial charge in [-0.3, -0.25) is 14.4 Å². The molecule has 5 nitrogen and oxygen atoms in total. The second-order valence-electron chi connectivity index (χ2n) is 5.30. The fourth-order valence-electron chi connectivity index (χ4n) is 3.00. The van der Waals surface area contributed by atoms with Crippen molar-refractivity contribution in [1.82, 2.24) is 0 Å². The van der Waals surface area contributed by atoms with Crippen LogP contribution in [0.5, 0.6) is 0 Å². The maximum absolute atomic E-state index is 12.7. The van der Waals surface area contributed by atoms with Crippen LogP contribution in [0.25, 0.3) is 0 Å². The molecule has 3 rings (SSSR count). The van der Waals surface area contributed by atoms with Crippen LogP contribution in [0.15, 0.2) is 47.7 Å². The molecule has 0 radical (unpaired) electrons. The zero-order valence-electron chi connectivity index (χ0n) is 12.1. The van der Waals surface area contributed by atoms with Crippen LogP contribution in [0.1, 0.15) is 23.7 Å². The van der Waals surface area contributed by atoms with E-state index in [0.29, 0.717) is 28.9 Å². The van der Waals surface area contributed by atoms with Gasteiger partial charge in [-0.15, -0.1) is 0 Å². The van der Waals surface area contributed by atoms with Gasteiger partial charge in [-0.05, 0) is 30.2 Å². The predicted molar refractivity (Wildman–Crippen MR) is 80.7 cm³/mol. The van der Waals surface area contributed by atoms with E-state index in [9.17, 15) is 14.4 Å². The Bertz CT molecular complexity index is 745. The van der Waals surface area contributed by atoms with Crippen molar-refractivity contribution in [3.8, 4) is 0 Å². The molecule has 0 amide bonds. The largest absolute Gasteiger partial charge is 0.480 e. The van der Waals surface area contributed by atoms with Gasteiger partial charge in [0.1, 0.15) is 12.5 Å². The molecule has 1 heterocycles. The van der Waals surface area contributed by atoms with Crippen LogP contribution in [0.4, 0.5) is 5.69 Å². The summed E-state index contributed by atoms with van der Waals surface area (Å²) in [5.41, 5.74) is 1.99. The van der Waals surface area contributed by atoms with E-state index >= 15 is 0 Å². The maximum atomic E-state index is 12.7. The van der Waals surface area contributed by atoms with Gasteiger partial charge in [0.05, 0.1) is 5.69 Å². The zero-order chi connectivity index (χ0) is 15.9. The summed E-state index contributed by atoms with van der Waals surface area (Å²) in [6.07, 6.45) is 3.93. The van der Waals surface area contributed by atoms with Gasteiger partial charge in [0.25, 0.3) is 0 Å². The molecule has 22 heavy (non-hydrogen) atoms. The van der Waals surface area contributed by atoms with Crippen molar-refractivity contribution in [1.29, 1.82) is 0 Å². The molecule has 1 aliphatic carbocycles. The Kier molecular flexibility index (Phi) is 3.41. The smallest absolute Gasteiger partial charge is 0.323 e. The van der Waals surface area contributed by atoms with E-state index in [1.54, 1.807) is 41.3 Å². The molecule has 0 saturated heterocycles. The quantitative estimate of drug-likeness (QED) is 0.866. The molecular formula is C17H15NO4. The summed E-state index contributed by atoms with van der Waals surface area (Å²) in [6, 6.07) is 6.81. The number of hydrogen-bond donors (Lipinski definition) is 1. The maximum Gasteiger partial charge on any atom is 0.323 e. The van der Waals surface area contributed by atoms with Gasteiger partial charge in [-0.2, -0.15) is 0 Å². The second kappa shape index (κ2) is 5.26. The minimum Gasteiger partial charge on any atom is -0.480 e. The van der Waals surface area contributed by atoms with Crippen LogP contribution < -0.4 is 4.90 Å². The molecule has 0 fully saturated rings. The van der Waals surface area contributed by atoms with Crippen LogP contribution in [0.3, 0.4) is 0 Å². The molecule has 2 aliphatic rings. The number of carboxylic acid groups (broad SMARTS) is 1. The van der Waals surface area contributed by atoms with Gasteiger partial charge in [0, 0.05) is 11.3 Å². The van der Waals surface area contributed by atoms with Gasteiger partial charge in [-0.25, -0.2) is 0 Å².